The maximum absolute atomic E-state index is 2.53. The van der Waals surface area contributed by atoms with E-state index < -0.39 is 0 Å². The van der Waals surface area contributed by atoms with Crippen LogP contribution in [0.1, 0.15) is 47.6 Å². The molecule has 1 heterocycles. The summed E-state index contributed by atoms with van der Waals surface area (Å²) in [6, 6.07) is 67.8. The van der Waals surface area contributed by atoms with E-state index in [4.69, 9.17) is 0 Å². The van der Waals surface area contributed by atoms with Crippen LogP contribution in [0.5, 0.6) is 0 Å². The Bertz CT molecular complexity index is 2910. The Balaban J connectivity index is 1.16. The minimum Gasteiger partial charge on any atom is -0.309 e. The Morgan fingerprint density at radius 2 is 1.06 bits per heavy atom. The van der Waals surface area contributed by atoms with Crippen molar-refractivity contribution in [1.29, 1.82) is 0 Å². The molecule has 9 aromatic rings. The van der Waals surface area contributed by atoms with Crippen molar-refractivity contribution in [2.75, 3.05) is 0 Å². The highest BCUT2D eigenvalue weighted by molar-refractivity contribution is 6.12. The van der Waals surface area contributed by atoms with E-state index >= 15 is 0 Å². The molecule has 0 amide bonds. The van der Waals surface area contributed by atoms with Gasteiger partial charge in [-0.2, -0.15) is 0 Å². The Morgan fingerprint density at radius 1 is 0.396 bits per heavy atom. The second kappa shape index (κ2) is 11.3. The largest absolute Gasteiger partial charge is 0.309 e. The molecule has 0 aliphatic heterocycles. The summed E-state index contributed by atoms with van der Waals surface area (Å²) in [5.41, 5.74) is 20.7. The summed E-state index contributed by atoms with van der Waals surface area (Å²) in [5.74, 6) is 0.238. The summed E-state index contributed by atoms with van der Waals surface area (Å²) < 4.78 is 2.53. The highest BCUT2D eigenvalue weighted by atomic mass is 15.0. The van der Waals surface area contributed by atoms with Gasteiger partial charge in [-0.15, -0.1) is 0 Å². The van der Waals surface area contributed by atoms with Gasteiger partial charge in [0.25, 0.3) is 0 Å². The number of hydrogen-bond acceptors (Lipinski definition) is 0. The van der Waals surface area contributed by atoms with E-state index in [-0.39, 0.29) is 11.3 Å². The van der Waals surface area contributed by atoms with Gasteiger partial charge >= 0.3 is 0 Å². The molecule has 1 heteroatoms. The molecule has 0 bridgehead atoms. The van der Waals surface area contributed by atoms with Gasteiger partial charge in [0.1, 0.15) is 0 Å². The van der Waals surface area contributed by atoms with Crippen LogP contribution in [0, 0.1) is 0 Å². The van der Waals surface area contributed by atoms with Crippen LogP contribution in [0.4, 0.5) is 0 Å². The number of nitrogens with zero attached hydrogens (tertiary/aromatic N) is 1. The second-order valence-corrected chi connectivity index (χ2v) is 15.3. The van der Waals surface area contributed by atoms with Crippen LogP contribution < -0.4 is 0 Å². The zero-order valence-electron chi connectivity index (χ0n) is 29.8. The lowest BCUT2D eigenvalue weighted by molar-refractivity contribution is 0.661. The number of fused-ring (bicyclic) bond motifs is 9. The average molecular weight is 676 g/mol. The molecule has 11 rings (SSSR count). The van der Waals surface area contributed by atoms with Gasteiger partial charge in [-0.25, -0.2) is 0 Å². The van der Waals surface area contributed by atoms with Crippen LogP contribution in [-0.2, 0) is 5.41 Å². The molecule has 53 heavy (non-hydrogen) atoms. The minimum atomic E-state index is -0.0934. The Kier molecular flexibility index (Phi) is 6.43. The molecule has 0 fully saturated rings. The van der Waals surface area contributed by atoms with Crippen LogP contribution in [-0.4, -0.2) is 4.57 Å². The molecule has 1 aromatic heterocycles. The van der Waals surface area contributed by atoms with Gasteiger partial charge in [0.15, 0.2) is 0 Å². The standard InChI is InChI=1S/C52H37N/c1-52(2)46-23-13-11-20-39(46)44-31-45-40-21-12-14-24-48(40)53(50(45)32-47(44)52)49-30-36(25-27-37(49)33-15-5-3-6-16-33)35-26-28-42-43(29-35)38-19-9-10-22-41(38)51(42)34-17-7-4-8-18-34/h3-32,51H,1-2H3. The second-order valence-electron chi connectivity index (χ2n) is 15.3. The topological polar surface area (TPSA) is 4.93 Å². The van der Waals surface area contributed by atoms with Crippen LogP contribution in [0.2, 0.25) is 0 Å². The monoisotopic (exact) mass is 675 g/mol. The summed E-state index contributed by atoms with van der Waals surface area (Å²) in [6.07, 6.45) is 0. The molecule has 250 valence electrons. The lowest BCUT2D eigenvalue weighted by Gasteiger charge is -2.22. The van der Waals surface area contributed by atoms with Crippen molar-refractivity contribution in [3.8, 4) is 50.2 Å². The van der Waals surface area contributed by atoms with Crippen LogP contribution in [0.3, 0.4) is 0 Å². The van der Waals surface area contributed by atoms with E-state index in [1.165, 1.54) is 99.8 Å². The lowest BCUT2D eigenvalue weighted by Crippen LogP contribution is -2.15. The molecule has 0 saturated heterocycles. The third kappa shape index (κ3) is 4.38. The fourth-order valence-corrected chi connectivity index (χ4v) is 9.57. The van der Waals surface area contributed by atoms with Gasteiger partial charge in [-0.1, -0.05) is 166 Å². The number of rotatable bonds is 4. The first-order valence-electron chi connectivity index (χ1n) is 18.7. The normalized spacial score (nSPS) is 14.9. The predicted octanol–water partition coefficient (Wildman–Crippen LogP) is 13.6. The van der Waals surface area contributed by atoms with Gasteiger partial charge < -0.3 is 4.57 Å². The first-order valence-corrected chi connectivity index (χ1v) is 18.7. The first-order chi connectivity index (χ1) is 26.1. The summed E-state index contributed by atoms with van der Waals surface area (Å²) >= 11 is 0. The first kappa shape index (κ1) is 30.2. The van der Waals surface area contributed by atoms with Gasteiger partial charge in [0, 0.05) is 27.7 Å². The van der Waals surface area contributed by atoms with E-state index in [0.717, 1.165) is 0 Å². The van der Waals surface area contributed by atoms with Gasteiger partial charge in [0.05, 0.1) is 16.7 Å². The molecule has 0 saturated carbocycles. The van der Waals surface area contributed by atoms with Crippen molar-refractivity contribution in [2.45, 2.75) is 25.2 Å². The molecule has 2 aliphatic rings. The Labute approximate surface area is 310 Å². The highest BCUT2D eigenvalue weighted by Crippen LogP contribution is 2.52. The molecule has 0 spiro atoms. The average Bonchev–Trinajstić information content (AvgIpc) is 3.80. The van der Waals surface area contributed by atoms with Gasteiger partial charge in [-0.05, 0) is 97.1 Å². The van der Waals surface area contributed by atoms with Crippen LogP contribution in [0.25, 0.3) is 72.0 Å². The van der Waals surface area contributed by atoms with Crippen molar-refractivity contribution < 1.29 is 0 Å². The van der Waals surface area contributed by atoms with E-state index in [0.29, 0.717) is 0 Å². The number of aromatic nitrogens is 1. The number of para-hydroxylation sites is 1. The van der Waals surface area contributed by atoms with Crippen molar-refractivity contribution in [3.05, 3.63) is 210 Å². The third-order valence-electron chi connectivity index (χ3n) is 12.1. The smallest absolute Gasteiger partial charge is 0.0546 e. The molecule has 1 atom stereocenters. The van der Waals surface area contributed by atoms with Crippen molar-refractivity contribution in [3.63, 3.8) is 0 Å². The minimum absolute atomic E-state index is 0.0934. The zero-order valence-corrected chi connectivity index (χ0v) is 29.8. The van der Waals surface area contributed by atoms with Crippen molar-refractivity contribution in [1.82, 2.24) is 4.57 Å². The summed E-state index contributed by atoms with van der Waals surface area (Å²) in [7, 11) is 0. The molecule has 8 aromatic carbocycles. The third-order valence-corrected chi connectivity index (χ3v) is 12.1. The lowest BCUT2D eigenvalue weighted by atomic mass is 9.82. The molecular formula is C52H37N. The quantitative estimate of drug-likeness (QED) is 0.175. The van der Waals surface area contributed by atoms with Crippen molar-refractivity contribution >= 4 is 21.8 Å². The van der Waals surface area contributed by atoms with E-state index in [1.54, 1.807) is 0 Å². The molecule has 0 radical (unpaired) electrons. The van der Waals surface area contributed by atoms with Gasteiger partial charge in [0.2, 0.25) is 0 Å². The predicted molar refractivity (Wildman–Crippen MR) is 222 cm³/mol. The molecular weight excluding hydrogens is 639 g/mol. The molecule has 1 unspecified atom stereocenters. The SMILES string of the molecule is CC1(C)c2ccccc2-c2cc3c4ccccc4n(-c4cc(-c5ccc6c(c5)-c5ccccc5C6c5ccccc5)ccc4-c4ccccc4)c3cc21. The van der Waals surface area contributed by atoms with Crippen LogP contribution in [0.15, 0.2) is 182 Å². The van der Waals surface area contributed by atoms with E-state index in [1.807, 2.05) is 0 Å². The highest BCUT2D eigenvalue weighted by Gasteiger charge is 2.36. The maximum Gasteiger partial charge on any atom is 0.0546 e. The summed E-state index contributed by atoms with van der Waals surface area (Å²) in [5, 5.41) is 2.57. The molecule has 2 aliphatic carbocycles. The number of hydrogen-bond donors (Lipinski definition) is 0. The fourth-order valence-electron chi connectivity index (χ4n) is 9.57. The number of benzene rings is 8. The zero-order chi connectivity index (χ0) is 35.3. The Morgan fingerprint density at radius 3 is 1.91 bits per heavy atom. The summed E-state index contributed by atoms with van der Waals surface area (Å²) in [6.45, 7) is 4.75. The Hall–Kier alpha value is -6.44. The maximum atomic E-state index is 2.53. The van der Waals surface area contributed by atoms with Crippen molar-refractivity contribution in [2.24, 2.45) is 0 Å². The van der Waals surface area contributed by atoms with E-state index in [2.05, 4.69) is 200 Å². The fraction of sp³-hybridized carbons (Fsp3) is 0.0769. The summed E-state index contributed by atoms with van der Waals surface area (Å²) in [4.78, 5) is 0. The van der Waals surface area contributed by atoms with Crippen LogP contribution >= 0.6 is 0 Å². The van der Waals surface area contributed by atoms with Gasteiger partial charge in [-0.3, -0.25) is 0 Å². The molecule has 1 nitrogen and oxygen atoms in total. The molecule has 0 N–H and O–H groups in total. The van der Waals surface area contributed by atoms with E-state index in [9.17, 15) is 0 Å².